The zero-order valence-electron chi connectivity index (χ0n) is 13.2. The fourth-order valence-electron chi connectivity index (χ4n) is 2.16. The summed E-state index contributed by atoms with van der Waals surface area (Å²) in [5.41, 5.74) is 1.53. The molecule has 0 radical (unpaired) electrons. The Kier molecular flexibility index (Phi) is 5.36. The highest BCUT2D eigenvalue weighted by Gasteiger charge is 2.31. The lowest BCUT2D eigenvalue weighted by molar-refractivity contribution is -0.274. The molecule has 3 rings (SSSR count). The van der Waals surface area contributed by atoms with E-state index in [0.717, 1.165) is 11.8 Å². The second-order valence-corrected chi connectivity index (χ2v) is 6.10. The summed E-state index contributed by atoms with van der Waals surface area (Å²) in [5.74, 6) is -0.680. The first-order valence-electron chi connectivity index (χ1n) is 7.49. The Labute approximate surface area is 150 Å². The molecule has 5 nitrogen and oxygen atoms in total. The average Bonchev–Trinajstić information content (AvgIpc) is 3.01. The van der Waals surface area contributed by atoms with Crippen molar-refractivity contribution in [3.05, 3.63) is 54.1 Å². The van der Waals surface area contributed by atoms with Gasteiger partial charge in [0.25, 0.3) is 5.22 Å². The van der Waals surface area contributed by atoms with Crippen LogP contribution >= 0.6 is 11.8 Å². The van der Waals surface area contributed by atoms with Gasteiger partial charge in [0.2, 0.25) is 5.91 Å². The first-order valence-corrected chi connectivity index (χ1v) is 8.48. The van der Waals surface area contributed by atoms with Crippen molar-refractivity contribution in [3.63, 3.8) is 0 Å². The van der Waals surface area contributed by atoms with Crippen molar-refractivity contribution < 1.29 is 27.1 Å². The van der Waals surface area contributed by atoms with Gasteiger partial charge in [-0.1, -0.05) is 42.1 Å². The third kappa shape index (κ3) is 4.92. The summed E-state index contributed by atoms with van der Waals surface area (Å²) >= 11 is 1.10. The number of thioether (sulfide) groups is 1. The lowest BCUT2D eigenvalue weighted by atomic mass is 10.2. The topological polar surface area (TPSA) is 64.4 Å². The van der Waals surface area contributed by atoms with Gasteiger partial charge in [0, 0.05) is 12.1 Å². The van der Waals surface area contributed by atoms with Crippen LogP contribution < -0.4 is 10.1 Å². The molecule has 0 aliphatic carbocycles. The van der Waals surface area contributed by atoms with E-state index in [-0.39, 0.29) is 29.5 Å². The summed E-state index contributed by atoms with van der Waals surface area (Å²) < 4.78 is 46.6. The summed E-state index contributed by atoms with van der Waals surface area (Å²) in [6.45, 7) is -0.0841. The van der Waals surface area contributed by atoms with Gasteiger partial charge in [0.05, 0.1) is 5.75 Å². The molecular weight excluding hydrogens is 369 g/mol. The molecule has 1 aromatic heterocycles. The van der Waals surface area contributed by atoms with Crippen molar-refractivity contribution in [1.29, 1.82) is 0 Å². The van der Waals surface area contributed by atoms with E-state index in [2.05, 4.69) is 15.0 Å². The molecule has 0 aliphatic heterocycles. The van der Waals surface area contributed by atoms with Crippen LogP contribution in [0.2, 0.25) is 0 Å². The van der Waals surface area contributed by atoms with Crippen LogP contribution in [0, 0.1) is 0 Å². The molecule has 26 heavy (non-hydrogen) atoms. The van der Waals surface area contributed by atoms with E-state index in [1.807, 2.05) is 12.1 Å². The first-order chi connectivity index (χ1) is 12.4. The Hall–Kier alpha value is -2.68. The van der Waals surface area contributed by atoms with E-state index in [4.69, 9.17) is 4.42 Å². The lowest BCUT2D eigenvalue weighted by Crippen LogP contribution is -2.25. The average molecular weight is 382 g/mol. The van der Waals surface area contributed by atoms with Crippen LogP contribution in [-0.2, 0) is 11.3 Å². The molecule has 1 N–H and O–H groups in total. The second kappa shape index (κ2) is 7.69. The van der Waals surface area contributed by atoms with E-state index in [1.165, 1.54) is 18.2 Å². The normalized spacial score (nSPS) is 11.5. The number of benzene rings is 2. The Morgan fingerprint density at radius 1 is 1.15 bits per heavy atom. The van der Waals surface area contributed by atoms with Crippen molar-refractivity contribution in [2.45, 2.75) is 18.1 Å². The summed E-state index contributed by atoms with van der Waals surface area (Å²) in [7, 11) is 0. The Morgan fingerprint density at radius 3 is 2.65 bits per heavy atom. The van der Waals surface area contributed by atoms with E-state index in [1.54, 1.807) is 18.2 Å². The number of aromatic nitrogens is 1. The molecule has 0 spiro atoms. The van der Waals surface area contributed by atoms with Crippen molar-refractivity contribution in [2.24, 2.45) is 0 Å². The van der Waals surface area contributed by atoms with Crippen LogP contribution in [0.25, 0.3) is 11.1 Å². The zero-order valence-corrected chi connectivity index (χ0v) is 14.1. The summed E-state index contributed by atoms with van der Waals surface area (Å²) in [5, 5.41) is 2.90. The molecule has 0 atom stereocenters. The highest BCUT2D eigenvalue weighted by molar-refractivity contribution is 7.99. The number of ether oxygens (including phenoxy) is 1. The molecule has 9 heteroatoms. The summed E-state index contributed by atoms with van der Waals surface area (Å²) in [6, 6.07) is 12.8. The molecule has 3 aromatic rings. The number of amides is 1. The van der Waals surface area contributed by atoms with Crippen molar-refractivity contribution in [1.82, 2.24) is 10.3 Å². The predicted molar refractivity (Wildman–Crippen MR) is 89.7 cm³/mol. The van der Waals surface area contributed by atoms with Crippen LogP contribution in [0.1, 0.15) is 5.56 Å². The van der Waals surface area contributed by atoms with Gasteiger partial charge in [-0.25, -0.2) is 4.98 Å². The van der Waals surface area contributed by atoms with Crippen molar-refractivity contribution in [3.8, 4) is 5.75 Å². The van der Waals surface area contributed by atoms with Gasteiger partial charge in [-0.3, -0.25) is 4.79 Å². The Balaban J connectivity index is 1.54. The second-order valence-electron chi connectivity index (χ2n) is 5.17. The van der Waals surface area contributed by atoms with Gasteiger partial charge in [-0.2, -0.15) is 0 Å². The molecule has 0 saturated heterocycles. The SMILES string of the molecule is O=C(CSc1nc2ccccc2o1)NCc1ccccc1OC(F)(F)F. The number of fused-ring (bicyclic) bond motifs is 1. The molecule has 0 aliphatic rings. The third-order valence-corrected chi connectivity index (χ3v) is 4.10. The number of nitrogens with zero attached hydrogens (tertiary/aromatic N) is 1. The van der Waals surface area contributed by atoms with E-state index < -0.39 is 6.36 Å². The van der Waals surface area contributed by atoms with E-state index in [0.29, 0.717) is 16.3 Å². The zero-order chi connectivity index (χ0) is 18.6. The third-order valence-electron chi connectivity index (χ3n) is 3.28. The van der Waals surface area contributed by atoms with Crippen molar-refractivity contribution in [2.75, 3.05) is 5.75 Å². The minimum Gasteiger partial charge on any atom is -0.431 e. The number of para-hydroxylation sites is 3. The summed E-state index contributed by atoms with van der Waals surface area (Å²) in [6.07, 6.45) is -4.79. The maximum absolute atomic E-state index is 12.4. The number of oxazole rings is 1. The highest BCUT2D eigenvalue weighted by Crippen LogP contribution is 2.26. The minimum atomic E-state index is -4.79. The Bertz CT molecular complexity index is 878. The number of rotatable bonds is 6. The number of nitrogens with one attached hydrogen (secondary N) is 1. The molecule has 0 bridgehead atoms. The predicted octanol–water partition coefficient (Wildman–Crippen LogP) is 4.13. The number of carbonyl (C=O) groups is 1. The Morgan fingerprint density at radius 2 is 1.88 bits per heavy atom. The molecular formula is C17H13F3N2O3S. The molecule has 2 aromatic carbocycles. The molecule has 0 fully saturated rings. The van der Waals surface area contributed by atoms with E-state index in [9.17, 15) is 18.0 Å². The number of alkyl halides is 3. The van der Waals surface area contributed by atoms with Crippen LogP contribution in [0.4, 0.5) is 13.2 Å². The first kappa shape index (κ1) is 18.1. The van der Waals surface area contributed by atoms with Gasteiger partial charge in [0.15, 0.2) is 5.58 Å². The van der Waals surface area contributed by atoms with Crippen LogP contribution in [-0.4, -0.2) is 23.0 Å². The van der Waals surface area contributed by atoms with Crippen LogP contribution in [0.5, 0.6) is 5.75 Å². The number of hydrogen-bond donors (Lipinski definition) is 1. The molecule has 1 heterocycles. The quantitative estimate of drug-likeness (QED) is 0.650. The van der Waals surface area contributed by atoms with Gasteiger partial charge in [-0.05, 0) is 18.2 Å². The number of carbonyl (C=O) groups excluding carboxylic acids is 1. The number of hydrogen-bond acceptors (Lipinski definition) is 5. The minimum absolute atomic E-state index is 0.0229. The lowest BCUT2D eigenvalue weighted by Gasteiger charge is -2.13. The van der Waals surface area contributed by atoms with Gasteiger partial charge in [-0.15, -0.1) is 13.2 Å². The molecule has 136 valence electrons. The molecule has 0 saturated carbocycles. The van der Waals surface area contributed by atoms with Gasteiger partial charge < -0.3 is 14.5 Å². The smallest absolute Gasteiger partial charge is 0.431 e. The monoisotopic (exact) mass is 382 g/mol. The van der Waals surface area contributed by atoms with Crippen LogP contribution in [0.3, 0.4) is 0 Å². The molecule has 1 amide bonds. The fraction of sp³-hybridized carbons (Fsp3) is 0.176. The molecule has 0 unspecified atom stereocenters. The van der Waals surface area contributed by atoms with E-state index >= 15 is 0 Å². The van der Waals surface area contributed by atoms with Gasteiger partial charge >= 0.3 is 6.36 Å². The maximum atomic E-state index is 12.4. The maximum Gasteiger partial charge on any atom is 0.573 e. The highest BCUT2D eigenvalue weighted by atomic mass is 32.2. The largest absolute Gasteiger partial charge is 0.573 e. The summed E-state index contributed by atoms with van der Waals surface area (Å²) in [4.78, 5) is 16.2. The van der Waals surface area contributed by atoms with Gasteiger partial charge in [0.1, 0.15) is 11.3 Å². The van der Waals surface area contributed by atoms with Crippen molar-refractivity contribution >= 4 is 28.8 Å². The standard InChI is InChI=1S/C17H13F3N2O3S/c18-17(19,20)25-13-7-3-1-5-11(13)9-21-15(23)10-26-16-22-12-6-2-4-8-14(12)24-16/h1-8H,9-10H2,(H,21,23). The fourth-order valence-corrected chi connectivity index (χ4v) is 2.83. The van der Waals surface area contributed by atoms with Crippen LogP contribution in [0.15, 0.2) is 58.2 Å². The number of halogens is 3.